The molecule has 0 spiro atoms. The third-order valence-electron chi connectivity index (χ3n) is 7.12. The maximum absolute atomic E-state index is 12.7. The highest BCUT2D eigenvalue weighted by Gasteiger charge is 2.31. The van der Waals surface area contributed by atoms with Crippen LogP contribution in [0.1, 0.15) is 81.3 Å². The normalized spacial score (nSPS) is 14.6. The molecular weight excluding hydrogens is 640 g/mol. The standard InChI is InChI=1S/C20H25N3O5S.C13H19N3O3/c1-13-6-8-15(9-7-13)29(25,26)28-18-16-12-23(19(24)27-20(3,4)5)11-10-17(16)21-14(2)22-18;1-8-14-10-5-6-16(7-9(10)11(17)15-8)12(18)19-13(2,3)4/h6-9H,10-12H2,1-5H3;5-7H2,1-4H3,(H,14,15,17). The van der Waals surface area contributed by atoms with Crippen molar-refractivity contribution in [2.75, 3.05) is 13.1 Å². The van der Waals surface area contributed by atoms with Gasteiger partial charge in [0.2, 0.25) is 5.88 Å². The highest BCUT2D eigenvalue weighted by molar-refractivity contribution is 7.87. The Labute approximate surface area is 281 Å². The fourth-order valence-electron chi connectivity index (χ4n) is 4.94. The van der Waals surface area contributed by atoms with Crippen LogP contribution >= 0.6 is 0 Å². The number of nitrogens with zero attached hydrogens (tertiary/aromatic N) is 5. The van der Waals surface area contributed by atoms with E-state index in [4.69, 9.17) is 13.7 Å². The minimum atomic E-state index is -4.07. The van der Waals surface area contributed by atoms with Crippen LogP contribution in [0.25, 0.3) is 0 Å². The van der Waals surface area contributed by atoms with Gasteiger partial charge >= 0.3 is 22.3 Å². The second-order valence-electron chi connectivity index (χ2n) is 13.7. The van der Waals surface area contributed by atoms with Crippen LogP contribution in [0.3, 0.4) is 0 Å². The molecule has 2 amide bonds. The van der Waals surface area contributed by atoms with Gasteiger partial charge in [-0.25, -0.2) is 19.6 Å². The molecule has 2 aliphatic heterocycles. The summed E-state index contributed by atoms with van der Waals surface area (Å²) < 4.78 is 41.6. The van der Waals surface area contributed by atoms with E-state index in [1.54, 1.807) is 51.7 Å². The maximum Gasteiger partial charge on any atom is 0.410 e. The molecule has 4 heterocycles. The lowest BCUT2D eigenvalue weighted by Crippen LogP contribution is -2.42. The van der Waals surface area contributed by atoms with E-state index in [2.05, 4.69) is 19.9 Å². The number of benzene rings is 1. The third kappa shape index (κ3) is 9.52. The SMILES string of the molecule is Cc1ccc(S(=O)(=O)Oc2nc(C)nc3c2CN(C(=O)OC(C)(C)C)CC3)cc1.Cc1nc2c(c(=O)[nH]1)CN(C(=O)OC(C)(C)C)CC2. The number of hydrogen-bond acceptors (Lipinski definition) is 11. The Bertz CT molecular complexity index is 1840. The number of aryl methyl sites for hydroxylation is 3. The van der Waals surface area contributed by atoms with Crippen molar-refractivity contribution in [2.24, 2.45) is 0 Å². The molecule has 2 aliphatic rings. The highest BCUT2D eigenvalue weighted by atomic mass is 32.2. The number of amides is 2. The zero-order valence-electron chi connectivity index (χ0n) is 29.0. The molecule has 0 atom stereocenters. The van der Waals surface area contributed by atoms with Crippen molar-refractivity contribution in [2.45, 2.75) is 104 Å². The van der Waals surface area contributed by atoms with Crippen LogP contribution in [0, 0.1) is 20.8 Å². The molecule has 5 rings (SSSR count). The Morgan fingerprint density at radius 3 is 1.79 bits per heavy atom. The van der Waals surface area contributed by atoms with Crippen LogP contribution in [0.5, 0.6) is 5.88 Å². The van der Waals surface area contributed by atoms with E-state index in [1.165, 1.54) is 17.0 Å². The molecule has 0 unspecified atom stereocenters. The van der Waals surface area contributed by atoms with E-state index >= 15 is 0 Å². The van der Waals surface area contributed by atoms with Crippen LogP contribution in [-0.4, -0.2) is 74.6 Å². The van der Waals surface area contributed by atoms with Crippen molar-refractivity contribution in [3.8, 4) is 5.88 Å². The van der Waals surface area contributed by atoms with Crippen molar-refractivity contribution in [3.63, 3.8) is 0 Å². The van der Waals surface area contributed by atoms with Crippen LogP contribution in [0.2, 0.25) is 0 Å². The highest BCUT2D eigenvalue weighted by Crippen LogP contribution is 2.29. The van der Waals surface area contributed by atoms with Gasteiger partial charge in [-0.1, -0.05) is 17.7 Å². The molecule has 2 aromatic heterocycles. The summed E-state index contributed by atoms with van der Waals surface area (Å²) in [7, 11) is -4.07. The van der Waals surface area contributed by atoms with E-state index in [-0.39, 0.29) is 29.4 Å². The van der Waals surface area contributed by atoms with Gasteiger partial charge in [-0.2, -0.15) is 13.4 Å². The molecule has 260 valence electrons. The van der Waals surface area contributed by atoms with Crippen LogP contribution in [-0.2, 0) is 45.5 Å². The van der Waals surface area contributed by atoms with Crippen molar-refractivity contribution < 1.29 is 31.7 Å². The molecule has 0 aliphatic carbocycles. The molecule has 0 fully saturated rings. The zero-order valence-corrected chi connectivity index (χ0v) is 29.8. The van der Waals surface area contributed by atoms with Crippen LogP contribution in [0.4, 0.5) is 9.59 Å². The summed E-state index contributed by atoms with van der Waals surface area (Å²) in [4.78, 5) is 54.9. The van der Waals surface area contributed by atoms with Gasteiger partial charge in [-0.3, -0.25) is 4.79 Å². The Hall–Kier alpha value is -4.53. The average molecular weight is 685 g/mol. The summed E-state index contributed by atoms with van der Waals surface area (Å²) in [5, 5.41) is 0. The zero-order chi connectivity index (χ0) is 35.6. The van der Waals surface area contributed by atoms with E-state index < -0.39 is 33.5 Å². The number of aromatic amines is 1. The summed E-state index contributed by atoms with van der Waals surface area (Å²) in [5.41, 5.74) is 2.09. The molecule has 1 N–H and O–H groups in total. The van der Waals surface area contributed by atoms with Gasteiger partial charge in [-0.15, -0.1) is 0 Å². The van der Waals surface area contributed by atoms with Crippen molar-refractivity contribution in [1.82, 2.24) is 29.7 Å². The molecular formula is C33H44N6O8S. The summed E-state index contributed by atoms with van der Waals surface area (Å²) in [6, 6.07) is 6.36. The molecule has 0 saturated heterocycles. The molecule has 0 saturated carbocycles. The minimum Gasteiger partial charge on any atom is -0.444 e. The first-order valence-corrected chi connectivity index (χ1v) is 17.0. The molecule has 0 bridgehead atoms. The molecule has 48 heavy (non-hydrogen) atoms. The van der Waals surface area contributed by atoms with Gasteiger partial charge in [0.05, 0.1) is 35.6 Å². The Morgan fingerprint density at radius 1 is 0.771 bits per heavy atom. The molecule has 14 nitrogen and oxygen atoms in total. The molecule has 15 heteroatoms. The van der Waals surface area contributed by atoms with Gasteiger partial charge < -0.3 is 28.4 Å². The van der Waals surface area contributed by atoms with Gasteiger partial charge in [0, 0.05) is 25.9 Å². The number of rotatable bonds is 3. The summed E-state index contributed by atoms with van der Waals surface area (Å²) in [6.07, 6.45) is 0.173. The first kappa shape index (κ1) is 36.3. The number of ether oxygens (including phenoxy) is 2. The average Bonchev–Trinajstić information content (AvgIpc) is 2.95. The number of nitrogens with one attached hydrogen (secondary N) is 1. The lowest BCUT2D eigenvalue weighted by molar-refractivity contribution is 0.0211. The van der Waals surface area contributed by atoms with Crippen LogP contribution < -0.4 is 9.74 Å². The number of fused-ring (bicyclic) bond motifs is 2. The van der Waals surface area contributed by atoms with E-state index in [1.807, 2.05) is 27.7 Å². The smallest absolute Gasteiger partial charge is 0.410 e. The summed E-state index contributed by atoms with van der Waals surface area (Å²) in [5.74, 6) is 0.958. The Morgan fingerprint density at radius 2 is 1.27 bits per heavy atom. The first-order valence-electron chi connectivity index (χ1n) is 15.6. The molecule has 3 aromatic rings. The quantitative estimate of drug-likeness (QED) is 0.384. The summed E-state index contributed by atoms with van der Waals surface area (Å²) >= 11 is 0. The topological polar surface area (TPSA) is 174 Å². The predicted octanol–water partition coefficient (Wildman–Crippen LogP) is 4.53. The van der Waals surface area contributed by atoms with Gasteiger partial charge in [-0.05, 0) is 74.4 Å². The van der Waals surface area contributed by atoms with Gasteiger partial charge in [0.1, 0.15) is 27.7 Å². The number of hydrogen-bond donors (Lipinski definition) is 1. The monoisotopic (exact) mass is 684 g/mol. The lowest BCUT2D eigenvalue weighted by Gasteiger charge is -2.31. The van der Waals surface area contributed by atoms with Crippen molar-refractivity contribution in [1.29, 1.82) is 0 Å². The van der Waals surface area contributed by atoms with E-state index in [0.717, 1.165) is 11.3 Å². The number of carbonyl (C=O) groups excluding carboxylic acids is 2. The Balaban J connectivity index is 0.000000237. The third-order valence-corrected chi connectivity index (χ3v) is 8.35. The fraction of sp³-hybridized carbons (Fsp3) is 0.515. The van der Waals surface area contributed by atoms with Gasteiger partial charge in [0.25, 0.3) is 5.56 Å². The predicted molar refractivity (Wildman–Crippen MR) is 176 cm³/mol. The summed E-state index contributed by atoms with van der Waals surface area (Å²) in [6.45, 7) is 17.4. The number of aromatic nitrogens is 4. The lowest BCUT2D eigenvalue weighted by atomic mass is 10.1. The largest absolute Gasteiger partial charge is 0.444 e. The van der Waals surface area contributed by atoms with Crippen molar-refractivity contribution in [3.05, 3.63) is 74.3 Å². The second kappa shape index (κ2) is 13.9. The van der Waals surface area contributed by atoms with Gasteiger partial charge in [0.15, 0.2) is 0 Å². The van der Waals surface area contributed by atoms with E-state index in [0.29, 0.717) is 54.4 Å². The van der Waals surface area contributed by atoms with Crippen molar-refractivity contribution >= 4 is 22.3 Å². The van der Waals surface area contributed by atoms with Crippen LogP contribution in [0.15, 0.2) is 34.0 Å². The maximum atomic E-state index is 12.7. The Kier molecular flexibility index (Phi) is 10.5. The second-order valence-corrected chi connectivity index (χ2v) is 15.3. The molecule has 1 aromatic carbocycles. The minimum absolute atomic E-state index is 0.0351. The fourth-order valence-corrected chi connectivity index (χ4v) is 5.85. The number of H-pyrrole nitrogens is 1. The van der Waals surface area contributed by atoms with E-state index in [9.17, 15) is 22.8 Å². The molecule has 0 radical (unpaired) electrons. The number of carbonyl (C=O) groups is 2. The first-order chi connectivity index (χ1) is 22.2.